The van der Waals surface area contributed by atoms with Crippen LogP contribution in [-0.4, -0.2) is 31.9 Å². The van der Waals surface area contributed by atoms with Crippen molar-refractivity contribution >= 4 is 25.4 Å². The highest BCUT2D eigenvalue weighted by Crippen LogP contribution is 2.42. The second-order valence-corrected chi connectivity index (χ2v) is 10.5. The monoisotopic (exact) mass is 407 g/mol. The Morgan fingerprint density at radius 2 is 1.66 bits per heavy atom. The molecule has 1 N–H and O–H groups in total. The van der Waals surface area contributed by atoms with Gasteiger partial charge in [-0.1, -0.05) is 81.4 Å². The zero-order valence-electron chi connectivity index (χ0n) is 17.1. The summed E-state index contributed by atoms with van der Waals surface area (Å²) in [5.74, 6) is 0.347. The van der Waals surface area contributed by atoms with E-state index in [2.05, 4.69) is 79.2 Å². The van der Waals surface area contributed by atoms with Crippen LogP contribution in [-0.2, 0) is 11.0 Å². The Hall–Kier alpha value is -2.41. The third-order valence-corrected chi connectivity index (χ3v) is 7.61. The molecular weight excluding hydrogens is 380 g/mol. The minimum absolute atomic E-state index is 0.0912. The lowest BCUT2D eigenvalue weighted by Gasteiger charge is -2.53. The fraction of sp³-hybridized carbons (Fsp3) is 0.348. The second kappa shape index (κ2) is 8.14. The van der Waals surface area contributed by atoms with Crippen LogP contribution >= 0.6 is 0 Å². The molecular formula is C23H27N2O3Si. The SMILES string of the molecule is CC(C)(C)C1CN(c2nc(CO)co2)C1O[Si](c1ccccc1)c1ccccc1. The molecule has 0 spiro atoms. The zero-order valence-corrected chi connectivity index (χ0v) is 18.1. The highest BCUT2D eigenvalue weighted by molar-refractivity contribution is 6.80. The second-order valence-electron chi connectivity index (χ2n) is 8.47. The van der Waals surface area contributed by atoms with Gasteiger partial charge in [-0.25, -0.2) is 0 Å². The number of aliphatic hydroxyl groups is 1. The van der Waals surface area contributed by atoms with Crippen molar-refractivity contribution in [3.63, 3.8) is 0 Å². The number of nitrogens with zero attached hydrogens (tertiary/aromatic N) is 2. The molecule has 0 aliphatic carbocycles. The van der Waals surface area contributed by atoms with E-state index < -0.39 is 9.04 Å². The first-order valence-electron chi connectivity index (χ1n) is 9.93. The molecule has 0 saturated carbocycles. The van der Waals surface area contributed by atoms with Crippen LogP contribution in [0.3, 0.4) is 0 Å². The van der Waals surface area contributed by atoms with Crippen molar-refractivity contribution in [2.75, 3.05) is 11.4 Å². The summed E-state index contributed by atoms with van der Waals surface area (Å²) in [6, 6.07) is 21.4. The molecule has 2 aromatic carbocycles. The molecule has 1 saturated heterocycles. The maximum Gasteiger partial charge on any atom is 0.299 e. The molecule has 5 nitrogen and oxygen atoms in total. The van der Waals surface area contributed by atoms with Gasteiger partial charge in [-0.2, -0.15) is 4.98 Å². The van der Waals surface area contributed by atoms with Crippen molar-refractivity contribution < 1.29 is 13.9 Å². The van der Waals surface area contributed by atoms with Gasteiger partial charge < -0.3 is 18.8 Å². The molecule has 29 heavy (non-hydrogen) atoms. The smallest absolute Gasteiger partial charge is 0.299 e. The Labute approximate surface area is 173 Å². The van der Waals surface area contributed by atoms with E-state index in [9.17, 15) is 5.11 Å². The maximum atomic E-state index is 9.35. The Morgan fingerprint density at radius 1 is 1.07 bits per heavy atom. The molecule has 2 atom stereocenters. The number of hydrogen-bond acceptors (Lipinski definition) is 5. The predicted molar refractivity (Wildman–Crippen MR) is 115 cm³/mol. The van der Waals surface area contributed by atoms with E-state index in [1.165, 1.54) is 16.6 Å². The molecule has 1 radical (unpaired) electrons. The highest BCUT2D eigenvalue weighted by Gasteiger charge is 2.49. The van der Waals surface area contributed by atoms with Gasteiger partial charge in [0, 0.05) is 12.5 Å². The summed E-state index contributed by atoms with van der Waals surface area (Å²) >= 11 is 0. The number of anilines is 1. The van der Waals surface area contributed by atoms with E-state index in [-0.39, 0.29) is 18.2 Å². The number of rotatable bonds is 6. The van der Waals surface area contributed by atoms with Crippen molar-refractivity contribution in [2.24, 2.45) is 11.3 Å². The minimum atomic E-state index is -1.45. The van der Waals surface area contributed by atoms with Gasteiger partial charge in [-0.15, -0.1) is 0 Å². The number of aliphatic hydroxyl groups excluding tert-OH is 1. The molecule has 1 aromatic heterocycles. The van der Waals surface area contributed by atoms with Crippen LogP contribution < -0.4 is 15.3 Å². The first-order valence-corrected chi connectivity index (χ1v) is 11.3. The first kappa shape index (κ1) is 19.9. The molecule has 2 heterocycles. The lowest BCUT2D eigenvalue weighted by Crippen LogP contribution is -2.65. The topological polar surface area (TPSA) is 58.7 Å². The van der Waals surface area contributed by atoms with Crippen LogP contribution in [0.2, 0.25) is 0 Å². The summed E-state index contributed by atoms with van der Waals surface area (Å²) in [5, 5.41) is 11.8. The Morgan fingerprint density at radius 3 is 2.14 bits per heavy atom. The summed E-state index contributed by atoms with van der Waals surface area (Å²) in [4.78, 5) is 6.49. The lowest BCUT2D eigenvalue weighted by atomic mass is 9.74. The predicted octanol–water partition coefficient (Wildman–Crippen LogP) is 2.80. The van der Waals surface area contributed by atoms with Gasteiger partial charge in [0.15, 0.2) is 0 Å². The highest BCUT2D eigenvalue weighted by atomic mass is 28.3. The van der Waals surface area contributed by atoms with E-state index in [1.54, 1.807) is 0 Å². The number of oxazole rings is 1. The first-order chi connectivity index (χ1) is 14.0. The van der Waals surface area contributed by atoms with Crippen LogP contribution in [0, 0.1) is 11.3 Å². The standard InChI is InChI=1S/C23H27N2O3Si/c1-23(2,3)20-14-25(22-24-17(15-26)16-27-22)21(20)28-29(18-10-6-4-7-11-18)19-12-8-5-9-13-19/h4-13,16,20-21,26H,14-15H2,1-3H3. The van der Waals surface area contributed by atoms with Crippen LogP contribution in [0.5, 0.6) is 0 Å². The van der Waals surface area contributed by atoms with Crippen LogP contribution in [0.1, 0.15) is 26.5 Å². The van der Waals surface area contributed by atoms with Crippen molar-refractivity contribution in [3.8, 4) is 0 Å². The van der Waals surface area contributed by atoms with Gasteiger partial charge in [0.2, 0.25) is 0 Å². The van der Waals surface area contributed by atoms with Crippen molar-refractivity contribution in [1.29, 1.82) is 0 Å². The summed E-state index contributed by atoms with van der Waals surface area (Å²) < 4.78 is 12.5. The molecule has 1 fully saturated rings. The third kappa shape index (κ3) is 4.15. The summed E-state index contributed by atoms with van der Waals surface area (Å²) in [5.41, 5.74) is 0.628. The number of hydrogen-bond donors (Lipinski definition) is 1. The fourth-order valence-corrected chi connectivity index (χ4v) is 5.75. The van der Waals surface area contributed by atoms with E-state index in [4.69, 9.17) is 8.84 Å². The van der Waals surface area contributed by atoms with Gasteiger partial charge in [0.05, 0.1) is 6.61 Å². The summed E-state index contributed by atoms with van der Waals surface area (Å²) in [6.07, 6.45) is 1.38. The van der Waals surface area contributed by atoms with Gasteiger partial charge in [0.1, 0.15) is 18.2 Å². The molecule has 1 aliphatic heterocycles. The van der Waals surface area contributed by atoms with Crippen LogP contribution in [0.15, 0.2) is 71.3 Å². The zero-order chi connectivity index (χ0) is 20.4. The van der Waals surface area contributed by atoms with Gasteiger partial charge >= 0.3 is 0 Å². The number of benzene rings is 2. The van der Waals surface area contributed by atoms with Crippen molar-refractivity contribution in [1.82, 2.24) is 4.98 Å². The number of aromatic nitrogens is 1. The summed E-state index contributed by atoms with van der Waals surface area (Å²) in [6.45, 7) is 7.43. The Bertz CT molecular complexity index is 885. The molecule has 151 valence electrons. The fourth-order valence-electron chi connectivity index (χ4n) is 3.62. The van der Waals surface area contributed by atoms with E-state index in [0.717, 1.165) is 6.54 Å². The third-order valence-electron chi connectivity index (χ3n) is 5.42. The minimum Gasteiger partial charge on any atom is -0.432 e. The van der Waals surface area contributed by atoms with Gasteiger partial charge in [-0.05, 0) is 15.8 Å². The largest absolute Gasteiger partial charge is 0.432 e. The Balaban J connectivity index is 1.67. The quantitative estimate of drug-likeness (QED) is 0.637. The molecule has 0 bridgehead atoms. The lowest BCUT2D eigenvalue weighted by molar-refractivity contribution is 0.000403. The molecule has 3 aromatic rings. The van der Waals surface area contributed by atoms with Gasteiger partial charge in [0.25, 0.3) is 15.1 Å². The van der Waals surface area contributed by atoms with Crippen molar-refractivity contribution in [2.45, 2.75) is 33.6 Å². The molecule has 2 unspecified atom stereocenters. The molecule has 1 aliphatic rings. The van der Waals surface area contributed by atoms with Crippen LogP contribution in [0.4, 0.5) is 6.01 Å². The van der Waals surface area contributed by atoms with E-state index in [1.807, 2.05) is 12.1 Å². The van der Waals surface area contributed by atoms with Crippen molar-refractivity contribution in [3.05, 3.63) is 72.6 Å². The molecule has 4 rings (SSSR count). The maximum absolute atomic E-state index is 9.35. The Kier molecular flexibility index (Phi) is 5.58. The van der Waals surface area contributed by atoms with E-state index >= 15 is 0 Å². The average Bonchev–Trinajstić information content (AvgIpc) is 3.16. The molecule has 0 amide bonds. The van der Waals surface area contributed by atoms with Gasteiger partial charge in [-0.3, -0.25) is 0 Å². The average molecular weight is 408 g/mol. The normalized spacial score (nSPS) is 19.4. The van der Waals surface area contributed by atoms with E-state index in [0.29, 0.717) is 17.6 Å². The molecule has 6 heteroatoms. The van der Waals surface area contributed by atoms with Crippen LogP contribution in [0.25, 0.3) is 0 Å². The summed E-state index contributed by atoms with van der Waals surface area (Å²) in [7, 11) is -1.45.